The van der Waals surface area contributed by atoms with Crippen molar-refractivity contribution in [1.82, 2.24) is 4.98 Å². The number of ether oxygens (including phenoxy) is 1. The summed E-state index contributed by atoms with van der Waals surface area (Å²) in [6.45, 7) is 4.26. The molecular weight excluding hydrogens is 300 g/mol. The Labute approximate surface area is 135 Å². The normalized spacial score (nSPS) is 11.7. The van der Waals surface area contributed by atoms with E-state index in [9.17, 15) is 5.11 Å². The fourth-order valence-electron chi connectivity index (χ4n) is 1.94. The maximum atomic E-state index is 9.99. The summed E-state index contributed by atoms with van der Waals surface area (Å²) in [5.74, 6) is 1.39. The van der Waals surface area contributed by atoms with Crippen LogP contribution in [0.25, 0.3) is 0 Å². The Bertz CT molecular complexity index is 619. The molecule has 0 radical (unpaired) electrons. The number of aliphatic hydroxyl groups excluding tert-OH is 1. The van der Waals surface area contributed by atoms with Crippen molar-refractivity contribution in [2.75, 3.05) is 18.5 Å². The molecule has 0 saturated heterocycles. The lowest BCUT2D eigenvalue weighted by Gasteiger charge is -2.15. The van der Waals surface area contributed by atoms with E-state index >= 15 is 0 Å². The van der Waals surface area contributed by atoms with E-state index in [0.29, 0.717) is 17.5 Å². The predicted octanol–water partition coefficient (Wildman–Crippen LogP) is 3.32. The third kappa shape index (κ3) is 5.06. The Morgan fingerprint density at radius 3 is 2.86 bits per heavy atom. The molecule has 1 aromatic heterocycles. The Morgan fingerprint density at radius 2 is 2.09 bits per heavy atom. The molecule has 1 aromatic carbocycles. The maximum Gasteiger partial charge on any atom is 0.131 e. The molecular formula is C17H19ClN2O2. The number of halogens is 1. The van der Waals surface area contributed by atoms with Crippen LogP contribution in [-0.4, -0.2) is 29.3 Å². The molecule has 0 amide bonds. The minimum atomic E-state index is -0.655. The van der Waals surface area contributed by atoms with Crippen LogP contribution in [-0.2, 0) is 6.42 Å². The van der Waals surface area contributed by atoms with Gasteiger partial charge in [0.05, 0.1) is 0 Å². The highest BCUT2D eigenvalue weighted by Crippen LogP contribution is 2.19. The van der Waals surface area contributed by atoms with E-state index in [1.165, 1.54) is 0 Å². The Balaban J connectivity index is 1.83. The summed E-state index contributed by atoms with van der Waals surface area (Å²) in [5, 5.41) is 13.4. The van der Waals surface area contributed by atoms with Crippen LogP contribution in [0.5, 0.6) is 5.75 Å². The van der Waals surface area contributed by atoms with Crippen molar-refractivity contribution in [3.63, 3.8) is 0 Å². The van der Waals surface area contributed by atoms with E-state index in [2.05, 4.69) is 16.9 Å². The predicted molar refractivity (Wildman–Crippen MR) is 89.6 cm³/mol. The van der Waals surface area contributed by atoms with Crippen LogP contribution in [0.1, 0.15) is 5.56 Å². The molecule has 0 bridgehead atoms. The van der Waals surface area contributed by atoms with Gasteiger partial charge < -0.3 is 15.2 Å². The van der Waals surface area contributed by atoms with Crippen LogP contribution >= 0.6 is 11.6 Å². The quantitative estimate of drug-likeness (QED) is 0.579. The molecule has 1 atom stereocenters. The maximum absolute atomic E-state index is 9.99. The van der Waals surface area contributed by atoms with Crippen LogP contribution in [0.3, 0.4) is 0 Å². The second-order valence-electron chi connectivity index (χ2n) is 4.79. The molecule has 0 aliphatic carbocycles. The van der Waals surface area contributed by atoms with Crippen LogP contribution in [0.2, 0.25) is 5.15 Å². The zero-order valence-electron chi connectivity index (χ0n) is 12.2. The van der Waals surface area contributed by atoms with E-state index < -0.39 is 6.10 Å². The molecule has 22 heavy (non-hydrogen) atoms. The van der Waals surface area contributed by atoms with Gasteiger partial charge in [0.1, 0.15) is 29.4 Å². The lowest BCUT2D eigenvalue weighted by Crippen LogP contribution is -2.26. The third-order valence-electron chi connectivity index (χ3n) is 3.00. The number of benzene rings is 1. The first-order valence-corrected chi connectivity index (χ1v) is 7.43. The van der Waals surface area contributed by atoms with Crippen LogP contribution < -0.4 is 10.1 Å². The highest BCUT2D eigenvalue weighted by Gasteiger charge is 2.08. The topological polar surface area (TPSA) is 54.4 Å². The smallest absolute Gasteiger partial charge is 0.131 e. The van der Waals surface area contributed by atoms with Crippen molar-refractivity contribution in [3.05, 3.63) is 65.8 Å². The standard InChI is InChI=1S/C17H19ClN2O2/c1-2-6-13-7-3-4-8-15(13)22-12-14(21)11-19-17-10-5-9-16(18)20-17/h2-5,7-10,14,21H,1,6,11-12H2,(H,19,20). The van der Waals surface area contributed by atoms with Gasteiger partial charge in [-0.25, -0.2) is 4.98 Å². The number of nitrogens with zero attached hydrogens (tertiary/aromatic N) is 1. The molecule has 0 saturated carbocycles. The second-order valence-corrected chi connectivity index (χ2v) is 5.18. The molecule has 1 unspecified atom stereocenters. The molecule has 0 aliphatic heterocycles. The van der Waals surface area contributed by atoms with Gasteiger partial charge in [0.15, 0.2) is 0 Å². The number of aromatic nitrogens is 1. The number of aliphatic hydroxyl groups is 1. The van der Waals surface area contributed by atoms with Gasteiger partial charge in [0, 0.05) is 6.54 Å². The molecule has 1 heterocycles. The SMILES string of the molecule is C=CCc1ccccc1OCC(O)CNc1cccc(Cl)n1. The summed E-state index contributed by atoms with van der Waals surface area (Å²) in [7, 11) is 0. The van der Waals surface area contributed by atoms with Crippen molar-refractivity contribution < 1.29 is 9.84 Å². The molecule has 0 aliphatic rings. The molecule has 0 spiro atoms. The second kappa shape index (κ2) is 8.41. The largest absolute Gasteiger partial charge is 0.491 e. The average Bonchev–Trinajstić information content (AvgIpc) is 2.52. The van der Waals surface area contributed by atoms with E-state index in [-0.39, 0.29) is 6.61 Å². The van der Waals surface area contributed by atoms with Gasteiger partial charge in [-0.05, 0) is 30.2 Å². The van der Waals surface area contributed by atoms with Crippen molar-refractivity contribution in [2.45, 2.75) is 12.5 Å². The van der Waals surface area contributed by atoms with Gasteiger partial charge in [0.25, 0.3) is 0 Å². The monoisotopic (exact) mass is 318 g/mol. The average molecular weight is 319 g/mol. The zero-order chi connectivity index (χ0) is 15.8. The number of hydrogen-bond acceptors (Lipinski definition) is 4. The third-order valence-corrected chi connectivity index (χ3v) is 3.21. The lowest BCUT2D eigenvalue weighted by atomic mass is 10.1. The van der Waals surface area contributed by atoms with Crippen LogP contribution in [0.15, 0.2) is 55.1 Å². The van der Waals surface area contributed by atoms with E-state index in [0.717, 1.165) is 17.7 Å². The van der Waals surface area contributed by atoms with E-state index in [1.54, 1.807) is 18.2 Å². The van der Waals surface area contributed by atoms with Crippen molar-refractivity contribution in [3.8, 4) is 5.75 Å². The summed E-state index contributed by atoms with van der Waals surface area (Å²) in [6, 6.07) is 13.0. The number of allylic oxidation sites excluding steroid dienone is 1. The molecule has 2 rings (SSSR count). The summed E-state index contributed by atoms with van der Waals surface area (Å²) >= 11 is 5.80. The molecule has 5 heteroatoms. The first kappa shape index (κ1) is 16.3. The summed E-state index contributed by atoms with van der Waals surface area (Å²) in [6.07, 6.45) is 1.90. The molecule has 2 N–H and O–H groups in total. The number of anilines is 1. The van der Waals surface area contributed by atoms with Gasteiger partial charge in [-0.2, -0.15) is 0 Å². The van der Waals surface area contributed by atoms with Gasteiger partial charge in [-0.15, -0.1) is 6.58 Å². The number of pyridine rings is 1. The first-order valence-electron chi connectivity index (χ1n) is 7.05. The fourth-order valence-corrected chi connectivity index (χ4v) is 2.11. The van der Waals surface area contributed by atoms with Gasteiger partial charge >= 0.3 is 0 Å². The van der Waals surface area contributed by atoms with Gasteiger partial charge in [-0.3, -0.25) is 0 Å². The first-order chi connectivity index (χ1) is 10.7. The van der Waals surface area contributed by atoms with Gasteiger partial charge in [0.2, 0.25) is 0 Å². The highest BCUT2D eigenvalue weighted by atomic mass is 35.5. The zero-order valence-corrected chi connectivity index (χ0v) is 13.0. The van der Waals surface area contributed by atoms with Gasteiger partial charge in [-0.1, -0.05) is 41.9 Å². The van der Waals surface area contributed by atoms with Crippen molar-refractivity contribution in [1.29, 1.82) is 0 Å². The van der Waals surface area contributed by atoms with Crippen molar-refractivity contribution in [2.24, 2.45) is 0 Å². The number of nitrogens with one attached hydrogen (secondary N) is 1. The molecule has 0 fully saturated rings. The molecule has 2 aromatic rings. The summed E-state index contributed by atoms with van der Waals surface area (Å²) in [5.41, 5.74) is 1.05. The Morgan fingerprint density at radius 1 is 1.27 bits per heavy atom. The van der Waals surface area contributed by atoms with Crippen molar-refractivity contribution >= 4 is 17.4 Å². The summed E-state index contributed by atoms with van der Waals surface area (Å²) < 4.78 is 5.68. The highest BCUT2D eigenvalue weighted by molar-refractivity contribution is 6.29. The Hall–Kier alpha value is -2.04. The minimum absolute atomic E-state index is 0.196. The fraction of sp³-hybridized carbons (Fsp3) is 0.235. The Kier molecular flexibility index (Phi) is 6.25. The van der Waals surface area contributed by atoms with E-state index in [1.807, 2.05) is 30.3 Å². The summed E-state index contributed by atoms with van der Waals surface area (Å²) in [4.78, 5) is 4.09. The number of rotatable bonds is 8. The van der Waals surface area contributed by atoms with E-state index in [4.69, 9.17) is 16.3 Å². The molecule has 116 valence electrons. The van der Waals surface area contributed by atoms with Crippen LogP contribution in [0.4, 0.5) is 5.82 Å². The van der Waals surface area contributed by atoms with Crippen LogP contribution in [0, 0.1) is 0 Å². The molecule has 4 nitrogen and oxygen atoms in total. The minimum Gasteiger partial charge on any atom is -0.491 e. The lowest BCUT2D eigenvalue weighted by molar-refractivity contribution is 0.117. The number of para-hydroxylation sites is 1. The number of hydrogen-bond donors (Lipinski definition) is 2.